The van der Waals surface area contributed by atoms with Crippen molar-refractivity contribution >= 4 is 5.96 Å². The van der Waals surface area contributed by atoms with Crippen molar-refractivity contribution < 1.29 is 4.74 Å². The van der Waals surface area contributed by atoms with Gasteiger partial charge in [-0.1, -0.05) is 6.92 Å². The van der Waals surface area contributed by atoms with Crippen LogP contribution in [0.15, 0.2) is 4.99 Å². The molecule has 3 aliphatic heterocycles. The molecule has 0 saturated carbocycles. The van der Waals surface area contributed by atoms with Crippen molar-refractivity contribution in [1.82, 2.24) is 15.5 Å². The number of unbranched alkanes of at least 4 members (excludes halogenated alkanes) is 1. The Kier molecular flexibility index (Phi) is 6.78. The normalized spacial score (nSPS) is 31.6. The molecule has 24 heavy (non-hydrogen) atoms. The number of guanidine groups is 1. The second-order valence-corrected chi connectivity index (χ2v) is 7.85. The van der Waals surface area contributed by atoms with Gasteiger partial charge in [0.25, 0.3) is 0 Å². The molecule has 0 radical (unpaired) electrons. The van der Waals surface area contributed by atoms with Gasteiger partial charge in [-0.2, -0.15) is 0 Å². The van der Waals surface area contributed by atoms with Crippen molar-refractivity contribution in [2.75, 3.05) is 32.7 Å². The van der Waals surface area contributed by atoms with E-state index in [0.29, 0.717) is 18.2 Å². The zero-order valence-corrected chi connectivity index (χ0v) is 15.6. The van der Waals surface area contributed by atoms with E-state index in [1.807, 2.05) is 0 Å². The zero-order chi connectivity index (χ0) is 16.8. The minimum atomic E-state index is 0.403. The molecule has 3 heterocycles. The van der Waals surface area contributed by atoms with E-state index in [0.717, 1.165) is 31.4 Å². The van der Waals surface area contributed by atoms with Gasteiger partial charge in [0.05, 0.1) is 18.2 Å². The highest BCUT2D eigenvalue weighted by Crippen LogP contribution is 2.34. The standard InChI is InChI=1S/C19H36N4O/c1-3-20-19(22-17-14-16-6-7-18(17)24-16)21-10-4-5-11-23-12-8-15(2)9-13-23/h15-18H,3-14H2,1-2H3,(H2,20,21,22). The van der Waals surface area contributed by atoms with Crippen LogP contribution < -0.4 is 10.6 Å². The number of nitrogens with one attached hydrogen (secondary N) is 2. The van der Waals surface area contributed by atoms with Crippen molar-refractivity contribution in [2.24, 2.45) is 10.9 Å². The van der Waals surface area contributed by atoms with E-state index >= 15 is 0 Å². The van der Waals surface area contributed by atoms with Crippen LogP contribution in [0.2, 0.25) is 0 Å². The number of ether oxygens (including phenoxy) is 1. The average Bonchev–Trinajstić information content (AvgIpc) is 3.19. The van der Waals surface area contributed by atoms with Crippen LogP contribution >= 0.6 is 0 Å². The van der Waals surface area contributed by atoms with E-state index < -0.39 is 0 Å². The molecular formula is C19H36N4O. The molecule has 0 aliphatic carbocycles. The number of likely N-dealkylation sites (tertiary alicyclic amines) is 1. The SMILES string of the molecule is CCNC(=NCCCCN1CCC(C)CC1)NC1CC2CCC1O2. The molecule has 138 valence electrons. The maximum atomic E-state index is 5.93. The summed E-state index contributed by atoms with van der Waals surface area (Å²) < 4.78 is 5.93. The first-order chi connectivity index (χ1) is 11.7. The smallest absolute Gasteiger partial charge is 0.191 e. The highest BCUT2D eigenvalue weighted by Gasteiger charge is 2.41. The van der Waals surface area contributed by atoms with Gasteiger partial charge in [-0.15, -0.1) is 0 Å². The lowest BCUT2D eigenvalue weighted by Gasteiger charge is -2.30. The Bertz CT molecular complexity index is 406. The summed E-state index contributed by atoms with van der Waals surface area (Å²) in [6.45, 7) is 10.2. The molecule has 2 N–H and O–H groups in total. The highest BCUT2D eigenvalue weighted by atomic mass is 16.5. The molecule has 3 rings (SSSR count). The molecule has 5 nitrogen and oxygen atoms in total. The predicted octanol–water partition coefficient (Wildman–Crippen LogP) is 2.37. The molecule has 3 saturated heterocycles. The number of nitrogens with zero attached hydrogens (tertiary/aromatic N) is 2. The predicted molar refractivity (Wildman–Crippen MR) is 99.5 cm³/mol. The number of hydrogen-bond donors (Lipinski definition) is 2. The van der Waals surface area contributed by atoms with Gasteiger partial charge in [0.2, 0.25) is 0 Å². The lowest BCUT2D eigenvalue weighted by atomic mass is 9.96. The fourth-order valence-electron chi connectivity index (χ4n) is 4.21. The van der Waals surface area contributed by atoms with Gasteiger partial charge in [0.15, 0.2) is 5.96 Å². The Balaban J connectivity index is 1.33. The number of rotatable bonds is 7. The van der Waals surface area contributed by atoms with Gasteiger partial charge >= 0.3 is 0 Å². The van der Waals surface area contributed by atoms with Crippen molar-refractivity contribution in [3.05, 3.63) is 0 Å². The number of fused-ring (bicyclic) bond motifs is 2. The molecule has 3 unspecified atom stereocenters. The summed E-state index contributed by atoms with van der Waals surface area (Å²) in [5.41, 5.74) is 0. The minimum Gasteiger partial charge on any atom is -0.373 e. The maximum Gasteiger partial charge on any atom is 0.191 e. The summed E-state index contributed by atoms with van der Waals surface area (Å²) in [6.07, 6.45) is 9.66. The highest BCUT2D eigenvalue weighted by molar-refractivity contribution is 5.80. The van der Waals surface area contributed by atoms with E-state index in [9.17, 15) is 0 Å². The van der Waals surface area contributed by atoms with Gasteiger partial charge in [0.1, 0.15) is 0 Å². The third-order valence-corrected chi connectivity index (χ3v) is 5.80. The Morgan fingerprint density at radius 1 is 1.17 bits per heavy atom. The molecule has 3 aliphatic rings. The monoisotopic (exact) mass is 336 g/mol. The zero-order valence-electron chi connectivity index (χ0n) is 15.6. The summed E-state index contributed by atoms with van der Waals surface area (Å²) in [7, 11) is 0. The van der Waals surface area contributed by atoms with Crippen LogP contribution in [0.3, 0.4) is 0 Å². The fraction of sp³-hybridized carbons (Fsp3) is 0.947. The van der Waals surface area contributed by atoms with Gasteiger partial charge < -0.3 is 20.3 Å². The first-order valence-electron chi connectivity index (χ1n) is 10.2. The van der Waals surface area contributed by atoms with Crippen molar-refractivity contribution in [3.8, 4) is 0 Å². The summed E-state index contributed by atoms with van der Waals surface area (Å²) in [6, 6.07) is 0.455. The Hall–Kier alpha value is -0.810. The Morgan fingerprint density at radius 2 is 2.00 bits per heavy atom. The van der Waals surface area contributed by atoms with Crippen LogP contribution in [0.25, 0.3) is 0 Å². The van der Waals surface area contributed by atoms with Gasteiger partial charge in [-0.05, 0) is 77.4 Å². The molecular weight excluding hydrogens is 300 g/mol. The van der Waals surface area contributed by atoms with Crippen molar-refractivity contribution in [1.29, 1.82) is 0 Å². The number of aliphatic imine (C=N–C) groups is 1. The molecule has 0 aromatic heterocycles. The van der Waals surface area contributed by atoms with E-state index in [1.54, 1.807) is 0 Å². The first kappa shape index (κ1) is 18.0. The Morgan fingerprint density at radius 3 is 2.67 bits per heavy atom. The molecule has 2 bridgehead atoms. The third-order valence-electron chi connectivity index (χ3n) is 5.80. The second kappa shape index (κ2) is 9.04. The van der Waals surface area contributed by atoms with E-state index in [1.165, 1.54) is 58.2 Å². The summed E-state index contributed by atoms with van der Waals surface area (Å²) in [5.74, 6) is 1.90. The third kappa shape index (κ3) is 5.09. The largest absolute Gasteiger partial charge is 0.373 e. The molecule has 5 heteroatoms. The van der Waals surface area contributed by atoms with Gasteiger partial charge in [-0.3, -0.25) is 4.99 Å². The molecule has 0 aromatic rings. The van der Waals surface area contributed by atoms with E-state index in [-0.39, 0.29) is 0 Å². The first-order valence-corrected chi connectivity index (χ1v) is 10.2. The van der Waals surface area contributed by atoms with Crippen LogP contribution in [0.5, 0.6) is 0 Å². The van der Waals surface area contributed by atoms with Crippen LogP contribution in [-0.2, 0) is 4.74 Å². The van der Waals surface area contributed by atoms with Crippen LogP contribution in [0, 0.1) is 5.92 Å². The van der Waals surface area contributed by atoms with Crippen molar-refractivity contribution in [3.63, 3.8) is 0 Å². The molecule has 0 spiro atoms. The number of hydrogen-bond acceptors (Lipinski definition) is 3. The topological polar surface area (TPSA) is 48.9 Å². The van der Waals surface area contributed by atoms with Crippen LogP contribution in [0.1, 0.15) is 58.8 Å². The minimum absolute atomic E-state index is 0.403. The maximum absolute atomic E-state index is 5.93. The van der Waals surface area contributed by atoms with Crippen LogP contribution in [0.4, 0.5) is 0 Å². The molecule has 3 fully saturated rings. The lowest BCUT2D eigenvalue weighted by Crippen LogP contribution is -2.47. The van der Waals surface area contributed by atoms with E-state index in [4.69, 9.17) is 9.73 Å². The Labute approximate surface area is 147 Å². The fourth-order valence-corrected chi connectivity index (χ4v) is 4.21. The second-order valence-electron chi connectivity index (χ2n) is 7.85. The molecule has 0 aromatic carbocycles. The number of piperidine rings is 1. The lowest BCUT2D eigenvalue weighted by molar-refractivity contribution is 0.0992. The average molecular weight is 337 g/mol. The summed E-state index contributed by atoms with van der Waals surface area (Å²) in [4.78, 5) is 7.40. The quantitative estimate of drug-likeness (QED) is 0.426. The molecule has 0 amide bonds. The van der Waals surface area contributed by atoms with E-state index in [2.05, 4.69) is 29.4 Å². The van der Waals surface area contributed by atoms with Crippen molar-refractivity contribution in [2.45, 2.75) is 77.0 Å². The molecule has 3 atom stereocenters. The summed E-state index contributed by atoms with van der Waals surface area (Å²) in [5, 5.41) is 6.98. The van der Waals surface area contributed by atoms with Gasteiger partial charge in [0, 0.05) is 13.1 Å². The van der Waals surface area contributed by atoms with Crippen LogP contribution in [-0.4, -0.2) is 61.8 Å². The summed E-state index contributed by atoms with van der Waals surface area (Å²) >= 11 is 0. The van der Waals surface area contributed by atoms with Gasteiger partial charge in [-0.25, -0.2) is 0 Å².